The van der Waals surface area contributed by atoms with Crippen molar-refractivity contribution < 1.29 is 33.0 Å². The molecule has 32 heavy (non-hydrogen) atoms. The minimum atomic E-state index is -2.82. The van der Waals surface area contributed by atoms with Crippen molar-refractivity contribution in [3.05, 3.63) is 59.7 Å². The molecule has 0 saturated heterocycles. The minimum Gasteiger partial charge on any atom is -0.481 e. The molecule has 2 amide bonds. The Morgan fingerprint density at radius 2 is 1.59 bits per heavy atom. The summed E-state index contributed by atoms with van der Waals surface area (Å²) in [6.07, 6.45) is -4.70. The number of aliphatic carboxylic acids is 1. The Morgan fingerprint density at radius 3 is 2.16 bits per heavy atom. The lowest BCUT2D eigenvalue weighted by Crippen LogP contribution is -2.48. The van der Waals surface area contributed by atoms with Gasteiger partial charge in [-0.3, -0.25) is 9.59 Å². The number of fused-ring (bicyclic) bond motifs is 3. The maximum Gasteiger partial charge on any atom is 0.407 e. The maximum absolute atomic E-state index is 12.9. The van der Waals surface area contributed by atoms with E-state index < -0.39 is 36.9 Å². The van der Waals surface area contributed by atoms with Crippen molar-refractivity contribution in [2.24, 2.45) is 0 Å². The molecule has 1 aliphatic rings. The molecule has 0 aliphatic heterocycles. The molecule has 1 atom stereocenters. The second-order valence-corrected chi connectivity index (χ2v) is 7.44. The molecule has 0 spiro atoms. The van der Waals surface area contributed by atoms with Gasteiger partial charge in [-0.2, -0.15) is 0 Å². The van der Waals surface area contributed by atoms with Crippen LogP contribution in [0, 0.1) is 0 Å². The smallest absolute Gasteiger partial charge is 0.407 e. The Balaban J connectivity index is 1.59. The average Bonchev–Trinajstić information content (AvgIpc) is 3.08. The van der Waals surface area contributed by atoms with Crippen molar-refractivity contribution in [1.82, 2.24) is 10.6 Å². The molecule has 0 bridgehead atoms. The summed E-state index contributed by atoms with van der Waals surface area (Å²) < 4.78 is 31.1. The predicted molar refractivity (Wildman–Crippen MR) is 112 cm³/mol. The molecular formula is C23H24F2N2O5. The molecule has 9 heteroatoms. The standard InChI is InChI=1S/C23H24F2N2O5/c24-20(25)12-19(22(30)26-11-5-10-21(28)29)27-23(31)32-13-18-16-8-3-1-6-14(16)15-7-2-4-9-17(15)18/h1-4,6-9,18-20H,5,10-13H2,(H,26,30)(H,27,31)(H,28,29). The van der Waals surface area contributed by atoms with Crippen LogP contribution in [-0.2, 0) is 14.3 Å². The molecule has 0 radical (unpaired) electrons. The zero-order chi connectivity index (χ0) is 23.1. The summed E-state index contributed by atoms with van der Waals surface area (Å²) in [4.78, 5) is 35.0. The van der Waals surface area contributed by atoms with E-state index in [1.165, 1.54) is 0 Å². The Labute approximate surface area is 183 Å². The second-order valence-electron chi connectivity index (χ2n) is 7.44. The van der Waals surface area contributed by atoms with Gasteiger partial charge < -0.3 is 20.5 Å². The Morgan fingerprint density at radius 1 is 1.00 bits per heavy atom. The Kier molecular flexibility index (Phi) is 7.75. The maximum atomic E-state index is 12.9. The summed E-state index contributed by atoms with van der Waals surface area (Å²) in [5.74, 6) is -2.05. The van der Waals surface area contributed by atoms with Gasteiger partial charge in [0, 0.05) is 25.3 Å². The fourth-order valence-corrected chi connectivity index (χ4v) is 3.77. The van der Waals surface area contributed by atoms with Gasteiger partial charge in [0.1, 0.15) is 12.6 Å². The number of amides is 2. The van der Waals surface area contributed by atoms with Gasteiger partial charge in [-0.1, -0.05) is 48.5 Å². The molecule has 0 aromatic heterocycles. The van der Waals surface area contributed by atoms with Crippen molar-refractivity contribution >= 4 is 18.0 Å². The highest BCUT2D eigenvalue weighted by Gasteiger charge is 2.30. The number of hydrogen-bond acceptors (Lipinski definition) is 4. The third-order valence-electron chi connectivity index (χ3n) is 5.23. The summed E-state index contributed by atoms with van der Waals surface area (Å²) in [5, 5.41) is 13.2. The van der Waals surface area contributed by atoms with Crippen molar-refractivity contribution in [2.45, 2.75) is 37.6 Å². The number of carboxylic acid groups (broad SMARTS) is 1. The normalized spacial score (nSPS) is 13.2. The molecule has 1 unspecified atom stereocenters. The Bertz CT molecular complexity index is 937. The molecule has 3 N–H and O–H groups in total. The van der Waals surface area contributed by atoms with Gasteiger partial charge in [0.15, 0.2) is 0 Å². The SMILES string of the molecule is O=C(O)CCCNC(=O)C(CC(F)F)NC(=O)OCC1c2ccccc2-c2ccccc21. The molecule has 0 saturated carbocycles. The fourth-order valence-electron chi connectivity index (χ4n) is 3.77. The van der Waals surface area contributed by atoms with E-state index in [1.807, 2.05) is 48.5 Å². The van der Waals surface area contributed by atoms with Crippen LogP contribution in [-0.4, -0.2) is 48.7 Å². The third-order valence-corrected chi connectivity index (χ3v) is 5.23. The minimum absolute atomic E-state index is 0.00274. The molecule has 2 aromatic carbocycles. The van der Waals surface area contributed by atoms with Crippen LogP contribution in [0.1, 0.15) is 36.3 Å². The van der Waals surface area contributed by atoms with Gasteiger partial charge in [-0.05, 0) is 28.7 Å². The summed E-state index contributed by atoms with van der Waals surface area (Å²) in [7, 11) is 0. The highest BCUT2D eigenvalue weighted by molar-refractivity contribution is 5.85. The fraction of sp³-hybridized carbons (Fsp3) is 0.348. The second kappa shape index (κ2) is 10.7. The van der Waals surface area contributed by atoms with E-state index in [0.717, 1.165) is 22.3 Å². The first kappa shape index (κ1) is 23.2. The van der Waals surface area contributed by atoms with Crippen LogP contribution in [0.2, 0.25) is 0 Å². The first-order valence-corrected chi connectivity index (χ1v) is 10.3. The average molecular weight is 446 g/mol. The molecule has 3 rings (SSSR count). The van der Waals surface area contributed by atoms with Crippen LogP contribution in [0.5, 0.6) is 0 Å². The number of halogens is 2. The highest BCUT2D eigenvalue weighted by Crippen LogP contribution is 2.44. The van der Waals surface area contributed by atoms with Crippen LogP contribution >= 0.6 is 0 Å². The van der Waals surface area contributed by atoms with E-state index in [0.29, 0.717) is 0 Å². The first-order chi connectivity index (χ1) is 15.4. The van der Waals surface area contributed by atoms with Crippen molar-refractivity contribution in [1.29, 1.82) is 0 Å². The van der Waals surface area contributed by atoms with E-state index >= 15 is 0 Å². The van der Waals surface area contributed by atoms with E-state index in [9.17, 15) is 23.2 Å². The molecular weight excluding hydrogens is 422 g/mol. The van der Waals surface area contributed by atoms with Crippen LogP contribution in [0.4, 0.5) is 13.6 Å². The van der Waals surface area contributed by atoms with E-state index in [2.05, 4.69) is 10.6 Å². The van der Waals surface area contributed by atoms with Crippen molar-refractivity contribution in [2.75, 3.05) is 13.2 Å². The van der Waals surface area contributed by atoms with Crippen LogP contribution in [0.25, 0.3) is 11.1 Å². The number of ether oxygens (including phenoxy) is 1. The number of carbonyl (C=O) groups is 3. The van der Waals surface area contributed by atoms with Gasteiger partial charge in [0.25, 0.3) is 0 Å². The van der Waals surface area contributed by atoms with Crippen molar-refractivity contribution in [3.8, 4) is 11.1 Å². The monoisotopic (exact) mass is 446 g/mol. The van der Waals surface area contributed by atoms with Crippen LogP contribution in [0.15, 0.2) is 48.5 Å². The molecule has 1 aliphatic carbocycles. The first-order valence-electron chi connectivity index (χ1n) is 10.3. The van der Waals surface area contributed by atoms with Crippen LogP contribution < -0.4 is 10.6 Å². The summed E-state index contributed by atoms with van der Waals surface area (Å²) >= 11 is 0. The predicted octanol–water partition coefficient (Wildman–Crippen LogP) is 3.53. The molecule has 0 fully saturated rings. The lowest BCUT2D eigenvalue weighted by molar-refractivity contribution is -0.137. The number of hydrogen-bond donors (Lipinski definition) is 3. The van der Waals surface area contributed by atoms with Gasteiger partial charge in [-0.15, -0.1) is 0 Å². The zero-order valence-corrected chi connectivity index (χ0v) is 17.2. The molecule has 2 aromatic rings. The third kappa shape index (κ3) is 5.81. The number of rotatable bonds is 10. The number of benzene rings is 2. The van der Waals surface area contributed by atoms with E-state index in [4.69, 9.17) is 9.84 Å². The number of alkyl halides is 2. The number of carbonyl (C=O) groups excluding carboxylic acids is 2. The molecule has 0 heterocycles. The zero-order valence-electron chi connectivity index (χ0n) is 17.2. The largest absolute Gasteiger partial charge is 0.481 e. The van der Waals surface area contributed by atoms with E-state index in [-0.39, 0.29) is 31.9 Å². The number of nitrogens with one attached hydrogen (secondary N) is 2. The molecule has 7 nitrogen and oxygen atoms in total. The number of alkyl carbamates (subject to hydrolysis) is 1. The van der Waals surface area contributed by atoms with Gasteiger partial charge in [-0.25, -0.2) is 13.6 Å². The lowest BCUT2D eigenvalue weighted by Gasteiger charge is -2.19. The summed E-state index contributed by atoms with van der Waals surface area (Å²) in [5.41, 5.74) is 4.10. The quantitative estimate of drug-likeness (QED) is 0.485. The number of carboxylic acids is 1. The van der Waals surface area contributed by atoms with Crippen molar-refractivity contribution in [3.63, 3.8) is 0 Å². The van der Waals surface area contributed by atoms with Gasteiger partial charge >= 0.3 is 12.1 Å². The lowest BCUT2D eigenvalue weighted by atomic mass is 9.98. The van der Waals surface area contributed by atoms with Crippen LogP contribution in [0.3, 0.4) is 0 Å². The van der Waals surface area contributed by atoms with E-state index in [1.54, 1.807) is 0 Å². The topological polar surface area (TPSA) is 105 Å². The molecule has 170 valence electrons. The van der Waals surface area contributed by atoms with Gasteiger partial charge in [0.05, 0.1) is 0 Å². The van der Waals surface area contributed by atoms with Gasteiger partial charge in [0.2, 0.25) is 12.3 Å². The highest BCUT2D eigenvalue weighted by atomic mass is 19.3. The summed E-state index contributed by atoms with van der Waals surface area (Å²) in [6, 6.07) is 14.0. The summed E-state index contributed by atoms with van der Waals surface area (Å²) in [6.45, 7) is -0.0151. The Hall–Kier alpha value is -3.49.